The van der Waals surface area contributed by atoms with E-state index in [4.69, 9.17) is 10.00 Å². The second-order valence-corrected chi connectivity index (χ2v) is 6.42. The lowest BCUT2D eigenvalue weighted by atomic mass is 10.1. The van der Waals surface area contributed by atoms with Gasteiger partial charge in [-0.1, -0.05) is 12.1 Å². The van der Waals surface area contributed by atoms with Crippen LogP contribution >= 0.6 is 11.8 Å². The molecule has 0 spiro atoms. The number of hydrogen-bond acceptors (Lipinski definition) is 4. The van der Waals surface area contributed by atoms with Crippen molar-refractivity contribution in [3.63, 3.8) is 0 Å². The Morgan fingerprint density at radius 3 is 2.39 bits per heavy atom. The van der Waals surface area contributed by atoms with E-state index in [0.717, 1.165) is 24.3 Å². The molecule has 1 heterocycles. The van der Waals surface area contributed by atoms with Gasteiger partial charge in [-0.25, -0.2) is 0 Å². The first-order valence-electron chi connectivity index (χ1n) is 7.43. The standard InChI is InChI=1S/C18H16N2O2S/c19-12-13-2-6-15(7-3-13)22-16-8-4-14(5-9-16)17-18(21)20-10-1-11-23-17/h2-9,17H,1,10-11H2,(H,20,21)/t17-/m1/s1. The van der Waals surface area contributed by atoms with Gasteiger partial charge in [-0.3, -0.25) is 4.79 Å². The SMILES string of the molecule is N#Cc1ccc(Oc2ccc([C@H]3SCCCNC3=O)cc2)cc1. The third kappa shape index (κ3) is 3.85. The maximum Gasteiger partial charge on any atom is 0.237 e. The topological polar surface area (TPSA) is 62.1 Å². The molecule has 5 heteroatoms. The molecule has 3 rings (SSSR count). The van der Waals surface area contributed by atoms with Crippen LogP contribution in [0, 0.1) is 11.3 Å². The number of nitrogens with zero attached hydrogens (tertiary/aromatic N) is 1. The third-order valence-electron chi connectivity index (χ3n) is 3.54. The largest absolute Gasteiger partial charge is 0.457 e. The van der Waals surface area contributed by atoms with Crippen LogP contribution in [0.3, 0.4) is 0 Å². The van der Waals surface area contributed by atoms with Crippen molar-refractivity contribution in [2.45, 2.75) is 11.7 Å². The van der Waals surface area contributed by atoms with Crippen LogP contribution in [0.15, 0.2) is 48.5 Å². The average Bonchev–Trinajstić information content (AvgIpc) is 2.81. The van der Waals surface area contributed by atoms with Crippen LogP contribution in [0.4, 0.5) is 0 Å². The first-order valence-corrected chi connectivity index (χ1v) is 8.48. The van der Waals surface area contributed by atoms with Crippen molar-refractivity contribution in [2.24, 2.45) is 0 Å². The first-order chi connectivity index (χ1) is 11.3. The summed E-state index contributed by atoms with van der Waals surface area (Å²) >= 11 is 1.68. The zero-order chi connectivity index (χ0) is 16.1. The van der Waals surface area contributed by atoms with Crippen LogP contribution in [-0.2, 0) is 4.79 Å². The van der Waals surface area contributed by atoms with Gasteiger partial charge in [0, 0.05) is 6.54 Å². The molecule has 0 unspecified atom stereocenters. The lowest BCUT2D eigenvalue weighted by Gasteiger charge is -2.13. The molecule has 0 radical (unpaired) electrons. The Morgan fingerprint density at radius 2 is 1.74 bits per heavy atom. The second-order valence-electron chi connectivity index (χ2n) is 5.20. The van der Waals surface area contributed by atoms with Gasteiger partial charge >= 0.3 is 0 Å². The van der Waals surface area contributed by atoms with Crippen LogP contribution in [0.25, 0.3) is 0 Å². The molecule has 0 aliphatic carbocycles. The van der Waals surface area contributed by atoms with E-state index >= 15 is 0 Å². The minimum Gasteiger partial charge on any atom is -0.457 e. The van der Waals surface area contributed by atoms with Gasteiger partial charge in [0.25, 0.3) is 0 Å². The number of amides is 1. The smallest absolute Gasteiger partial charge is 0.237 e. The van der Waals surface area contributed by atoms with Crippen molar-refractivity contribution in [2.75, 3.05) is 12.3 Å². The zero-order valence-corrected chi connectivity index (χ0v) is 13.3. The minimum atomic E-state index is -0.151. The van der Waals surface area contributed by atoms with Crippen molar-refractivity contribution in [3.05, 3.63) is 59.7 Å². The predicted molar refractivity (Wildman–Crippen MR) is 90.5 cm³/mol. The molecular weight excluding hydrogens is 308 g/mol. The Morgan fingerprint density at radius 1 is 1.09 bits per heavy atom. The molecular formula is C18H16N2O2S. The summed E-state index contributed by atoms with van der Waals surface area (Å²) < 4.78 is 5.75. The van der Waals surface area contributed by atoms with Gasteiger partial charge in [-0.05, 0) is 54.1 Å². The van der Waals surface area contributed by atoms with E-state index in [9.17, 15) is 4.79 Å². The van der Waals surface area contributed by atoms with Gasteiger partial charge in [0.1, 0.15) is 16.7 Å². The maximum atomic E-state index is 12.1. The zero-order valence-electron chi connectivity index (χ0n) is 12.5. The fourth-order valence-corrected chi connectivity index (χ4v) is 3.48. The Labute approximate surface area is 139 Å². The highest BCUT2D eigenvalue weighted by Crippen LogP contribution is 2.32. The number of ether oxygens (including phenoxy) is 1. The monoisotopic (exact) mass is 324 g/mol. The maximum absolute atomic E-state index is 12.1. The van der Waals surface area contributed by atoms with E-state index < -0.39 is 0 Å². The molecule has 2 aromatic carbocycles. The van der Waals surface area contributed by atoms with Gasteiger partial charge in [-0.15, -0.1) is 11.8 Å². The van der Waals surface area contributed by atoms with Crippen LogP contribution in [0.1, 0.15) is 22.8 Å². The van der Waals surface area contributed by atoms with Crippen molar-refractivity contribution < 1.29 is 9.53 Å². The van der Waals surface area contributed by atoms with Gasteiger partial charge < -0.3 is 10.1 Å². The highest BCUT2D eigenvalue weighted by molar-refractivity contribution is 8.00. The number of carbonyl (C=O) groups is 1. The van der Waals surface area contributed by atoms with Crippen LogP contribution in [-0.4, -0.2) is 18.2 Å². The van der Waals surface area contributed by atoms with E-state index in [1.807, 2.05) is 24.3 Å². The minimum absolute atomic E-state index is 0.0771. The van der Waals surface area contributed by atoms with Crippen molar-refractivity contribution in [1.29, 1.82) is 5.26 Å². The molecule has 0 aromatic heterocycles. The molecule has 4 nitrogen and oxygen atoms in total. The highest BCUT2D eigenvalue weighted by Gasteiger charge is 2.22. The van der Waals surface area contributed by atoms with Crippen LogP contribution in [0.5, 0.6) is 11.5 Å². The normalized spacial score (nSPS) is 17.7. The molecule has 23 heavy (non-hydrogen) atoms. The number of thioether (sulfide) groups is 1. The molecule has 2 aromatic rings. The Balaban J connectivity index is 1.71. The van der Waals surface area contributed by atoms with Crippen LogP contribution in [0.2, 0.25) is 0 Å². The summed E-state index contributed by atoms with van der Waals surface area (Å²) in [5.41, 5.74) is 1.59. The van der Waals surface area contributed by atoms with Gasteiger partial charge in [0.15, 0.2) is 0 Å². The van der Waals surface area contributed by atoms with Crippen molar-refractivity contribution in [3.8, 4) is 17.6 Å². The highest BCUT2D eigenvalue weighted by atomic mass is 32.2. The fourth-order valence-electron chi connectivity index (χ4n) is 2.35. The average molecular weight is 324 g/mol. The summed E-state index contributed by atoms with van der Waals surface area (Å²) in [5.74, 6) is 2.44. The molecule has 1 saturated heterocycles. The Bertz CT molecular complexity index is 720. The Hall–Kier alpha value is -2.45. The lowest BCUT2D eigenvalue weighted by Crippen LogP contribution is -2.26. The van der Waals surface area contributed by atoms with Crippen molar-refractivity contribution in [1.82, 2.24) is 5.32 Å². The molecule has 1 atom stereocenters. The lowest BCUT2D eigenvalue weighted by molar-refractivity contribution is -0.120. The summed E-state index contributed by atoms with van der Waals surface area (Å²) in [7, 11) is 0. The molecule has 1 aliphatic heterocycles. The number of benzene rings is 2. The summed E-state index contributed by atoms with van der Waals surface area (Å²) in [5, 5.41) is 11.6. The first kappa shape index (κ1) is 15.4. The predicted octanol–water partition coefficient (Wildman–Crippen LogP) is 3.64. The number of rotatable bonds is 3. The molecule has 0 saturated carbocycles. The number of hydrogen-bond donors (Lipinski definition) is 1. The third-order valence-corrected chi connectivity index (χ3v) is 4.89. The van der Waals surface area contributed by atoms with Crippen molar-refractivity contribution >= 4 is 17.7 Å². The summed E-state index contributed by atoms with van der Waals surface area (Å²) in [6.45, 7) is 0.752. The fraction of sp³-hybridized carbons (Fsp3) is 0.222. The molecule has 1 N–H and O–H groups in total. The quantitative estimate of drug-likeness (QED) is 0.936. The molecule has 1 amide bonds. The number of nitrogens with one attached hydrogen (secondary N) is 1. The van der Waals surface area contributed by atoms with Gasteiger partial charge in [0.05, 0.1) is 11.6 Å². The summed E-state index contributed by atoms with van der Waals surface area (Å²) in [6, 6.07) is 16.6. The molecule has 1 aliphatic rings. The number of nitriles is 1. The summed E-state index contributed by atoms with van der Waals surface area (Å²) in [6.07, 6.45) is 1.01. The van der Waals surface area contributed by atoms with Crippen LogP contribution < -0.4 is 10.1 Å². The number of carbonyl (C=O) groups excluding carboxylic acids is 1. The van der Waals surface area contributed by atoms with E-state index in [1.54, 1.807) is 36.0 Å². The summed E-state index contributed by atoms with van der Waals surface area (Å²) in [4.78, 5) is 12.1. The molecule has 116 valence electrons. The van der Waals surface area contributed by atoms with Gasteiger partial charge in [-0.2, -0.15) is 5.26 Å². The molecule has 0 bridgehead atoms. The second kappa shape index (κ2) is 7.21. The van der Waals surface area contributed by atoms with Gasteiger partial charge in [0.2, 0.25) is 5.91 Å². The molecule has 1 fully saturated rings. The van der Waals surface area contributed by atoms with E-state index in [0.29, 0.717) is 17.1 Å². The van der Waals surface area contributed by atoms with E-state index in [1.165, 1.54) is 0 Å². The Kier molecular flexibility index (Phi) is 4.84. The van der Waals surface area contributed by atoms with E-state index in [2.05, 4.69) is 11.4 Å². The van der Waals surface area contributed by atoms with E-state index in [-0.39, 0.29) is 11.2 Å².